The molecule has 0 heterocycles. The van der Waals surface area contributed by atoms with Crippen LogP contribution in [0.1, 0.15) is 13.8 Å². The molecule has 1 rings (SSSR count). The molecule has 0 fully saturated rings. The molecule has 16 heavy (non-hydrogen) atoms. The van der Waals surface area contributed by atoms with Crippen LogP contribution in [0, 0.1) is 17.1 Å². The molecule has 0 aliphatic carbocycles. The Morgan fingerprint density at radius 1 is 1.38 bits per heavy atom. The molecule has 0 radical (unpaired) electrons. The molecule has 0 aliphatic heterocycles. The fraction of sp³-hybridized carbons (Fsp3) is 0.300. The molecule has 0 atom stereocenters. The summed E-state index contributed by atoms with van der Waals surface area (Å²) >= 11 is 0. The van der Waals surface area contributed by atoms with Crippen molar-refractivity contribution in [2.75, 3.05) is 0 Å². The Balaban J connectivity index is 3.16. The van der Waals surface area contributed by atoms with Crippen LogP contribution >= 0.6 is 0 Å². The van der Waals surface area contributed by atoms with Crippen LogP contribution in [0.2, 0.25) is 0 Å². The lowest BCUT2D eigenvalue weighted by Gasteiger charge is -2.17. The third-order valence-electron chi connectivity index (χ3n) is 1.80. The van der Waals surface area contributed by atoms with Gasteiger partial charge in [-0.25, -0.2) is 12.8 Å². The predicted octanol–water partition coefficient (Wildman–Crippen LogP) is 1.41. The first-order valence-electron chi connectivity index (χ1n) is 4.48. The number of hydrogen-bond donors (Lipinski definition) is 1. The zero-order valence-electron chi connectivity index (χ0n) is 8.86. The van der Waals surface area contributed by atoms with Crippen LogP contribution in [0.15, 0.2) is 29.2 Å². The van der Waals surface area contributed by atoms with E-state index in [1.165, 1.54) is 26.0 Å². The standard InChI is InChI=1S/C10H11FN2O2S/c1-10(2,7-12)13-16(14,15)9-6-4-3-5-8(9)11/h3-6,13H,1-2H3. The van der Waals surface area contributed by atoms with E-state index in [0.717, 1.165) is 12.1 Å². The van der Waals surface area contributed by atoms with Gasteiger partial charge in [-0.05, 0) is 26.0 Å². The summed E-state index contributed by atoms with van der Waals surface area (Å²) in [6, 6.07) is 6.77. The van der Waals surface area contributed by atoms with Crippen molar-refractivity contribution in [3.05, 3.63) is 30.1 Å². The van der Waals surface area contributed by atoms with E-state index >= 15 is 0 Å². The minimum Gasteiger partial charge on any atom is -0.207 e. The average Bonchev–Trinajstić information content (AvgIpc) is 2.16. The third-order valence-corrected chi connectivity index (χ3v) is 3.48. The molecule has 1 N–H and O–H groups in total. The zero-order chi connectivity index (χ0) is 12.4. The fourth-order valence-electron chi connectivity index (χ4n) is 1.08. The van der Waals surface area contributed by atoms with Crippen molar-refractivity contribution in [2.45, 2.75) is 24.3 Å². The van der Waals surface area contributed by atoms with E-state index in [-0.39, 0.29) is 0 Å². The summed E-state index contributed by atoms with van der Waals surface area (Å²) in [6.45, 7) is 2.79. The van der Waals surface area contributed by atoms with E-state index in [0.29, 0.717) is 0 Å². The van der Waals surface area contributed by atoms with E-state index < -0.39 is 26.3 Å². The Bertz CT molecular complexity index is 532. The monoisotopic (exact) mass is 242 g/mol. The number of nitriles is 1. The Morgan fingerprint density at radius 2 is 1.94 bits per heavy atom. The summed E-state index contributed by atoms with van der Waals surface area (Å²) in [7, 11) is -4.01. The summed E-state index contributed by atoms with van der Waals surface area (Å²) in [4.78, 5) is -0.460. The molecule has 1 aromatic carbocycles. The highest BCUT2D eigenvalue weighted by Gasteiger charge is 2.27. The first-order valence-corrected chi connectivity index (χ1v) is 5.96. The number of sulfonamides is 1. The lowest BCUT2D eigenvalue weighted by atomic mass is 10.1. The van der Waals surface area contributed by atoms with E-state index in [1.807, 2.05) is 0 Å². The maximum absolute atomic E-state index is 13.3. The lowest BCUT2D eigenvalue weighted by Crippen LogP contribution is -2.42. The van der Waals surface area contributed by atoms with Crippen molar-refractivity contribution in [3.63, 3.8) is 0 Å². The van der Waals surface area contributed by atoms with Crippen molar-refractivity contribution in [1.29, 1.82) is 5.26 Å². The van der Waals surface area contributed by atoms with Crippen molar-refractivity contribution >= 4 is 10.0 Å². The molecular weight excluding hydrogens is 231 g/mol. The number of hydrogen-bond acceptors (Lipinski definition) is 3. The van der Waals surface area contributed by atoms with Gasteiger partial charge in [0, 0.05) is 0 Å². The fourth-order valence-corrected chi connectivity index (χ4v) is 2.49. The molecule has 0 saturated heterocycles. The third kappa shape index (κ3) is 2.78. The minimum atomic E-state index is -4.01. The predicted molar refractivity (Wildman–Crippen MR) is 56.4 cm³/mol. The van der Waals surface area contributed by atoms with Gasteiger partial charge in [0.15, 0.2) is 0 Å². The molecule has 0 spiro atoms. The van der Waals surface area contributed by atoms with Crippen LogP contribution in [-0.4, -0.2) is 14.0 Å². The summed E-state index contributed by atoms with van der Waals surface area (Å²) in [5, 5.41) is 8.70. The van der Waals surface area contributed by atoms with Crippen molar-refractivity contribution in [1.82, 2.24) is 4.72 Å². The van der Waals surface area contributed by atoms with Crippen LogP contribution in [0.25, 0.3) is 0 Å². The van der Waals surface area contributed by atoms with Gasteiger partial charge in [-0.1, -0.05) is 12.1 Å². The van der Waals surface area contributed by atoms with Crippen molar-refractivity contribution in [2.24, 2.45) is 0 Å². The number of nitrogens with one attached hydrogen (secondary N) is 1. The average molecular weight is 242 g/mol. The molecule has 0 aromatic heterocycles. The topological polar surface area (TPSA) is 70.0 Å². The van der Waals surface area contributed by atoms with Crippen molar-refractivity contribution in [3.8, 4) is 6.07 Å². The Morgan fingerprint density at radius 3 is 2.44 bits per heavy atom. The first-order chi connectivity index (χ1) is 7.28. The molecule has 0 amide bonds. The molecule has 0 bridgehead atoms. The number of benzene rings is 1. The van der Waals surface area contributed by atoms with Crippen LogP contribution in [0.4, 0.5) is 4.39 Å². The van der Waals surface area contributed by atoms with Gasteiger partial charge in [0.25, 0.3) is 0 Å². The molecule has 86 valence electrons. The van der Waals surface area contributed by atoms with Crippen LogP contribution in [0.3, 0.4) is 0 Å². The molecule has 0 unspecified atom stereocenters. The van der Waals surface area contributed by atoms with Crippen LogP contribution < -0.4 is 4.72 Å². The molecular formula is C10H11FN2O2S. The highest BCUT2D eigenvalue weighted by molar-refractivity contribution is 7.89. The summed E-state index contributed by atoms with van der Waals surface area (Å²) < 4.78 is 38.8. The van der Waals surface area contributed by atoms with E-state index in [9.17, 15) is 12.8 Å². The second-order valence-electron chi connectivity index (χ2n) is 3.77. The number of rotatable bonds is 3. The number of nitrogens with zero attached hydrogens (tertiary/aromatic N) is 1. The molecule has 4 nitrogen and oxygen atoms in total. The van der Waals surface area contributed by atoms with Gasteiger partial charge < -0.3 is 0 Å². The first kappa shape index (κ1) is 12.6. The zero-order valence-corrected chi connectivity index (χ0v) is 9.68. The maximum Gasteiger partial charge on any atom is 0.244 e. The van der Waals surface area contributed by atoms with Gasteiger partial charge in [0.2, 0.25) is 10.0 Å². The van der Waals surface area contributed by atoms with Gasteiger partial charge in [-0.3, -0.25) is 0 Å². The Labute approximate surface area is 93.8 Å². The molecule has 1 aromatic rings. The van der Waals surface area contributed by atoms with E-state index in [2.05, 4.69) is 4.72 Å². The minimum absolute atomic E-state index is 0.460. The summed E-state index contributed by atoms with van der Waals surface area (Å²) in [5.41, 5.74) is -1.28. The van der Waals surface area contributed by atoms with Gasteiger partial charge >= 0.3 is 0 Å². The van der Waals surface area contributed by atoms with E-state index in [1.54, 1.807) is 6.07 Å². The van der Waals surface area contributed by atoms with E-state index in [4.69, 9.17) is 5.26 Å². The summed E-state index contributed by atoms with van der Waals surface area (Å²) in [6.07, 6.45) is 0. The second kappa shape index (κ2) is 4.20. The Kier molecular flexibility index (Phi) is 3.31. The molecule has 0 saturated carbocycles. The van der Waals surface area contributed by atoms with Crippen LogP contribution in [0.5, 0.6) is 0 Å². The van der Waals surface area contributed by atoms with Gasteiger partial charge in [0.05, 0.1) is 6.07 Å². The normalized spacial score (nSPS) is 12.1. The number of halogens is 1. The second-order valence-corrected chi connectivity index (χ2v) is 5.42. The quantitative estimate of drug-likeness (QED) is 0.871. The summed E-state index contributed by atoms with van der Waals surface area (Å²) in [5.74, 6) is -0.844. The van der Waals surface area contributed by atoms with Gasteiger partial charge in [-0.15, -0.1) is 0 Å². The van der Waals surface area contributed by atoms with Gasteiger partial charge in [0.1, 0.15) is 16.3 Å². The Hall–Kier alpha value is -1.45. The molecule has 6 heteroatoms. The SMILES string of the molecule is CC(C)(C#N)NS(=O)(=O)c1ccccc1F. The lowest BCUT2D eigenvalue weighted by molar-refractivity contribution is 0.524. The van der Waals surface area contributed by atoms with Gasteiger partial charge in [-0.2, -0.15) is 9.98 Å². The highest BCUT2D eigenvalue weighted by atomic mass is 32.2. The maximum atomic E-state index is 13.3. The van der Waals surface area contributed by atoms with Crippen molar-refractivity contribution < 1.29 is 12.8 Å². The van der Waals surface area contributed by atoms with Crippen LogP contribution in [-0.2, 0) is 10.0 Å². The largest absolute Gasteiger partial charge is 0.244 e. The highest BCUT2D eigenvalue weighted by Crippen LogP contribution is 2.15. The molecule has 0 aliphatic rings. The smallest absolute Gasteiger partial charge is 0.207 e.